The number of carbonyl (C=O) groups excluding carboxylic acids is 1. The van der Waals surface area contributed by atoms with Crippen molar-refractivity contribution in [3.05, 3.63) is 35.4 Å². The molecule has 21 heavy (non-hydrogen) atoms. The molecule has 0 saturated heterocycles. The lowest BCUT2D eigenvalue weighted by atomic mass is 10.0. The fourth-order valence-corrected chi connectivity index (χ4v) is 2.98. The van der Waals surface area contributed by atoms with Gasteiger partial charge in [-0.15, -0.1) is 0 Å². The summed E-state index contributed by atoms with van der Waals surface area (Å²) in [6, 6.07) is 4.57. The van der Waals surface area contributed by atoms with Gasteiger partial charge in [0.2, 0.25) is 0 Å². The summed E-state index contributed by atoms with van der Waals surface area (Å²) < 4.78 is 38.1. The largest absolute Gasteiger partial charge is 0.416 e. The van der Waals surface area contributed by atoms with Crippen molar-refractivity contribution in [3.63, 3.8) is 0 Å². The first-order valence-electron chi connectivity index (χ1n) is 6.99. The molecule has 3 nitrogen and oxygen atoms in total. The first kappa shape index (κ1) is 15.8. The number of hydrogen-bond acceptors (Lipinski definition) is 2. The number of nitrogens with zero attached hydrogens (tertiary/aromatic N) is 1. The third kappa shape index (κ3) is 3.37. The minimum atomic E-state index is -4.44. The highest BCUT2D eigenvalue weighted by molar-refractivity contribution is 5.94. The van der Waals surface area contributed by atoms with Crippen molar-refractivity contribution in [2.24, 2.45) is 11.7 Å². The van der Waals surface area contributed by atoms with Crippen molar-refractivity contribution >= 4 is 5.91 Å². The molecular formula is C15H19F3N2O. The van der Waals surface area contributed by atoms with E-state index in [1.165, 1.54) is 12.1 Å². The van der Waals surface area contributed by atoms with Gasteiger partial charge < -0.3 is 10.6 Å². The van der Waals surface area contributed by atoms with Gasteiger partial charge in [0.1, 0.15) is 0 Å². The van der Waals surface area contributed by atoms with Crippen molar-refractivity contribution < 1.29 is 18.0 Å². The Morgan fingerprint density at radius 1 is 1.38 bits per heavy atom. The van der Waals surface area contributed by atoms with Gasteiger partial charge >= 0.3 is 6.18 Å². The van der Waals surface area contributed by atoms with E-state index in [1.54, 1.807) is 11.9 Å². The molecule has 0 radical (unpaired) electrons. The summed E-state index contributed by atoms with van der Waals surface area (Å²) in [5.74, 6) is -0.156. The van der Waals surface area contributed by atoms with E-state index in [0.717, 1.165) is 31.4 Å². The monoisotopic (exact) mass is 300 g/mol. The molecule has 2 atom stereocenters. The molecule has 1 aliphatic carbocycles. The highest BCUT2D eigenvalue weighted by Crippen LogP contribution is 2.31. The van der Waals surface area contributed by atoms with Crippen LogP contribution in [0.25, 0.3) is 0 Å². The molecule has 0 aliphatic heterocycles. The fraction of sp³-hybridized carbons (Fsp3) is 0.533. The van der Waals surface area contributed by atoms with Crippen LogP contribution in [0.5, 0.6) is 0 Å². The molecule has 1 fully saturated rings. The number of benzene rings is 1. The molecule has 1 aromatic rings. The van der Waals surface area contributed by atoms with E-state index in [9.17, 15) is 18.0 Å². The summed E-state index contributed by atoms with van der Waals surface area (Å²) in [6.07, 6.45) is -1.64. The van der Waals surface area contributed by atoms with Crippen molar-refractivity contribution in [3.8, 4) is 0 Å². The molecule has 1 amide bonds. The summed E-state index contributed by atoms with van der Waals surface area (Å²) in [6.45, 7) is 0.491. The van der Waals surface area contributed by atoms with Gasteiger partial charge in [-0.25, -0.2) is 0 Å². The lowest BCUT2D eigenvalue weighted by molar-refractivity contribution is -0.137. The molecule has 2 rings (SSSR count). The Balaban J connectivity index is 2.20. The molecule has 0 heterocycles. The Hall–Kier alpha value is -1.56. The third-order valence-electron chi connectivity index (χ3n) is 4.18. The maximum absolute atomic E-state index is 12.7. The van der Waals surface area contributed by atoms with Crippen LogP contribution in [0.1, 0.15) is 35.2 Å². The second-order valence-electron chi connectivity index (χ2n) is 5.49. The Kier molecular flexibility index (Phi) is 4.56. The van der Waals surface area contributed by atoms with Gasteiger partial charge in [0.05, 0.1) is 5.56 Å². The minimum absolute atomic E-state index is 0.0112. The molecule has 6 heteroatoms. The molecule has 0 spiro atoms. The number of carbonyl (C=O) groups is 1. The van der Waals surface area contributed by atoms with Crippen molar-refractivity contribution in [1.29, 1.82) is 0 Å². The van der Waals surface area contributed by atoms with Crippen LogP contribution in [0, 0.1) is 5.92 Å². The molecule has 1 saturated carbocycles. The van der Waals surface area contributed by atoms with Gasteiger partial charge in [-0.05, 0) is 43.5 Å². The van der Waals surface area contributed by atoms with E-state index >= 15 is 0 Å². The minimum Gasteiger partial charge on any atom is -0.338 e. The van der Waals surface area contributed by atoms with E-state index < -0.39 is 11.7 Å². The number of hydrogen-bond donors (Lipinski definition) is 1. The Bertz CT molecular complexity index is 516. The average molecular weight is 300 g/mol. The number of amides is 1. The van der Waals surface area contributed by atoms with Gasteiger partial charge in [-0.3, -0.25) is 4.79 Å². The van der Waals surface area contributed by atoms with E-state index in [0.29, 0.717) is 6.54 Å². The summed E-state index contributed by atoms with van der Waals surface area (Å²) in [5, 5.41) is 0. The normalized spacial score (nSPS) is 22.3. The first-order valence-corrected chi connectivity index (χ1v) is 6.99. The van der Waals surface area contributed by atoms with Gasteiger partial charge in [0.15, 0.2) is 0 Å². The lowest BCUT2D eigenvalue weighted by Crippen LogP contribution is -2.41. The lowest BCUT2D eigenvalue weighted by Gasteiger charge is -2.29. The van der Waals surface area contributed by atoms with E-state index in [2.05, 4.69) is 0 Å². The van der Waals surface area contributed by atoms with Gasteiger partial charge in [-0.1, -0.05) is 12.5 Å². The highest BCUT2D eigenvalue weighted by atomic mass is 19.4. The second kappa shape index (κ2) is 6.05. The SMILES string of the molecule is CN(C(=O)c1cccc(C(F)(F)F)c1)C1CCCC1CN. The maximum Gasteiger partial charge on any atom is 0.416 e. The molecular weight excluding hydrogens is 281 g/mol. The van der Waals surface area contributed by atoms with Crippen LogP contribution in [0.3, 0.4) is 0 Å². The van der Waals surface area contributed by atoms with Crippen LogP contribution in [0.2, 0.25) is 0 Å². The Labute approximate surface area is 121 Å². The quantitative estimate of drug-likeness (QED) is 0.933. The molecule has 1 aromatic carbocycles. The zero-order valence-electron chi connectivity index (χ0n) is 11.9. The third-order valence-corrected chi connectivity index (χ3v) is 4.18. The molecule has 116 valence electrons. The zero-order chi connectivity index (χ0) is 15.6. The molecule has 1 aliphatic rings. The van der Waals surface area contributed by atoms with Crippen LogP contribution in [0.4, 0.5) is 13.2 Å². The van der Waals surface area contributed by atoms with Crippen LogP contribution < -0.4 is 5.73 Å². The van der Waals surface area contributed by atoms with Crippen molar-refractivity contribution in [2.45, 2.75) is 31.5 Å². The Morgan fingerprint density at radius 3 is 2.71 bits per heavy atom. The van der Waals surface area contributed by atoms with Crippen LogP contribution in [-0.2, 0) is 6.18 Å². The Morgan fingerprint density at radius 2 is 2.10 bits per heavy atom. The summed E-state index contributed by atoms with van der Waals surface area (Å²) in [7, 11) is 1.64. The molecule has 0 bridgehead atoms. The molecule has 2 unspecified atom stereocenters. The predicted molar refractivity (Wildman–Crippen MR) is 73.7 cm³/mol. The summed E-state index contributed by atoms with van der Waals surface area (Å²) >= 11 is 0. The number of alkyl halides is 3. The molecule has 0 aromatic heterocycles. The van der Waals surface area contributed by atoms with Crippen molar-refractivity contribution in [1.82, 2.24) is 4.90 Å². The standard InChI is InChI=1S/C15H19F3N2O/c1-20(13-7-3-5-11(13)9-19)14(21)10-4-2-6-12(8-10)15(16,17)18/h2,4,6,8,11,13H,3,5,7,9,19H2,1H3. The van der Waals surface area contributed by atoms with Crippen molar-refractivity contribution in [2.75, 3.05) is 13.6 Å². The maximum atomic E-state index is 12.7. The zero-order valence-corrected chi connectivity index (χ0v) is 11.9. The molecule has 2 N–H and O–H groups in total. The average Bonchev–Trinajstić information content (AvgIpc) is 2.93. The summed E-state index contributed by atoms with van der Waals surface area (Å²) in [5.41, 5.74) is 4.96. The van der Waals surface area contributed by atoms with Crippen LogP contribution in [-0.4, -0.2) is 30.4 Å². The number of rotatable bonds is 3. The fourth-order valence-electron chi connectivity index (χ4n) is 2.98. The first-order chi connectivity index (χ1) is 9.84. The van der Waals surface area contributed by atoms with Crippen LogP contribution in [0.15, 0.2) is 24.3 Å². The number of halogens is 3. The van der Waals surface area contributed by atoms with Crippen LogP contribution >= 0.6 is 0 Å². The topological polar surface area (TPSA) is 46.3 Å². The number of nitrogens with two attached hydrogens (primary N) is 1. The summed E-state index contributed by atoms with van der Waals surface area (Å²) in [4.78, 5) is 13.9. The van der Waals surface area contributed by atoms with Gasteiger partial charge in [-0.2, -0.15) is 13.2 Å². The second-order valence-corrected chi connectivity index (χ2v) is 5.49. The predicted octanol–water partition coefficient (Wildman–Crippen LogP) is 2.90. The van der Waals surface area contributed by atoms with Gasteiger partial charge in [0, 0.05) is 18.7 Å². The highest BCUT2D eigenvalue weighted by Gasteiger charge is 2.34. The van der Waals surface area contributed by atoms with E-state index in [1.807, 2.05) is 0 Å². The van der Waals surface area contributed by atoms with E-state index in [4.69, 9.17) is 5.73 Å². The smallest absolute Gasteiger partial charge is 0.338 e. The van der Waals surface area contributed by atoms with E-state index in [-0.39, 0.29) is 23.4 Å². The van der Waals surface area contributed by atoms with Gasteiger partial charge in [0.25, 0.3) is 5.91 Å².